The minimum absolute atomic E-state index is 0.186. The normalized spacial score (nSPS) is 17.9. The maximum atomic E-state index is 12.8. The van der Waals surface area contributed by atoms with Crippen LogP contribution < -0.4 is 5.32 Å². The molecule has 6 nitrogen and oxygen atoms in total. The van der Waals surface area contributed by atoms with Crippen molar-refractivity contribution in [3.63, 3.8) is 0 Å². The molecule has 1 heterocycles. The van der Waals surface area contributed by atoms with Gasteiger partial charge in [-0.15, -0.1) is 0 Å². The van der Waals surface area contributed by atoms with Gasteiger partial charge >= 0.3 is 0 Å². The van der Waals surface area contributed by atoms with E-state index in [9.17, 15) is 13.2 Å². The summed E-state index contributed by atoms with van der Waals surface area (Å²) in [6.45, 7) is 3.10. The average Bonchev–Trinajstić information content (AvgIpc) is 2.68. The van der Waals surface area contributed by atoms with Crippen molar-refractivity contribution >= 4 is 21.6 Å². The summed E-state index contributed by atoms with van der Waals surface area (Å²) in [5.41, 5.74) is 1.11. The van der Waals surface area contributed by atoms with Crippen LogP contribution in [0.2, 0.25) is 0 Å². The van der Waals surface area contributed by atoms with Gasteiger partial charge in [-0.2, -0.15) is 9.57 Å². The first-order valence-electron chi connectivity index (χ1n) is 8.82. The van der Waals surface area contributed by atoms with Gasteiger partial charge in [0, 0.05) is 18.7 Å². The predicted molar refractivity (Wildman–Crippen MR) is 103 cm³/mol. The molecule has 0 aliphatic carbocycles. The van der Waals surface area contributed by atoms with Gasteiger partial charge in [-0.25, -0.2) is 8.42 Å². The zero-order valence-electron chi connectivity index (χ0n) is 15.1. The number of rotatable bonds is 4. The van der Waals surface area contributed by atoms with E-state index in [2.05, 4.69) is 5.32 Å². The monoisotopic (exact) mass is 383 g/mol. The Kier molecular flexibility index (Phi) is 5.59. The van der Waals surface area contributed by atoms with Gasteiger partial charge in [0.1, 0.15) is 6.07 Å². The number of hydrogen-bond donors (Lipinski definition) is 1. The number of hydrogen-bond acceptors (Lipinski definition) is 4. The second-order valence-electron chi connectivity index (χ2n) is 6.75. The van der Waals surface area contributed by atoms with E-state index < -0.39 is 15.9 Å². The lowest BCUT2D eigenvalue weighted by Gasteiger charge is -2.30. The van der Waals surface area contributed by atoms with Gasteiger partial charge in [0.25, 0.3) is 5.91 Å². The first-order chi connectivity index (χ1) is 12.9. The van der Waals surface area contributed by atoms with Crippen LogP contribution in [0, 0.1) is 17.2 Å². The Morgan fingerprint density at radius 1 is 1.19 bits per heavy atom. The maximum Gasteiger partial charge on any atom is 0.255 e. The molecule has 7 heteroatoms. The molecule has 140 valence electrons. The molecule has 27 heavy (non-hydrogen) atoms. The molecule has 1 N–H and O–H groups in total. The van der Waals surface area contributed by atoms with Gasteiger partial charge in [-0.3, -0.25) is 4.79 Å². The predicted octanol–water partition coefficient (Wildman–Crippen LogP) is 3.23. The molecule has 0 aromatic heterocycles. The molecule has 2 aromatic rings. The van der Waals surface area contributed by atoms with E-state index in [1.807, 2.05) is 13.0 Å². The van der Waals surface area contributed by atoms with Crippen molar-refractivity contribution < 1.29 is 13.2 Å². The van der Waals surface area contributed by atoms with Gasteiger partial charge in [-0.05, 0) is 55.2 Å². The zero-order chi connectivity index (χ0) is 19.4. The Balaban J connectivity index is 1.77. The molecular weight excluding hydrogens is 362 g/mol. The molecule has 0 radical (unpaired) electrons. The summed E-state index contributed by atoms with van der Waals surface area (Å²) < 4.78 is 27.1. The van der Waals surface area contributed by atoms with Crippen molar-refractivity contribution in [2.75, 3.05) is 18.4 Å². The Hall–Kier alpha value is -2.69. The maximum absolute atomic E-state index is 12.8. The third-order valence-corrected chi connectivity index (χ3v) is 6.55. The van der Waals surface area contributed by atoms with E-state index in [1.54, 1.807) is 24.3 Å². The molecule has 1 saturated heterocycles. The molecule has 0 spiro atoms. The van der Waals surface area contributed by atoms with Gasteiger partial charge in [-0.1, -0.05) is 19.1 Å². The lowest BCUT2D eigenvalue weighted by molar-refractivity contribution is 0.102. The number of sulfonamides is 1. The van der Waals surface area contributed by atoms with Crippen LogP contribution in [-0.2, 0) is 10.0 Å². The van der Waals surface area contributed by atoms with Gasteiger partial charge in [0.2, 0.25) is 10.0 Å². The molecule has 1 aliphatic rings. The number of piperidine rings is 1. The molecule has 0 bridgehead atoms. The highest BCUT2D eigenvalue weighted by Crippen LogP contribution is 2.24. The molecule has 1 amide bonds. The highest BCUT2D eigenvalue weighted by molar-refractivity contribution is 7.89. The number of benzene rings is 2. The minimum atomic E-state index is -3.55. The van der Waals surface area contributed by atoms with E-state index in [-0.39, 0.29) is 4.90 Å². The van der Waals surface area contributed by atoms with Crippen LogP contribution >= 0.6 is 0 Å². The van der Waals surface area contributed by atoms with Crippen molar-refractivity contribution in [2.24, 2.45) is 5.92 Å². The number of anilines is 1. The minimum Gasteiger partial charge on any atom is -0.321 e. The van der Waals surface area contributed by atoms with E-state index >= 15 is 0 Å². The van der Waals surface area contributed by atoms with Crippen LogP contribution in [-0.4, -0.2) is 31.7 Å². The number of nitrogens with zero attached hydrogens (tertiary/aromatic N) is 2. The van der Waals surface area contributed by atoms with Crippen LogP contribution in [0.1, 0.15) is 35.7 Å². The fraction of sp³-hybridized carbons (Fsp3) is 0.300. The smallest absolute Gasteiger partial charge is 0.255 e. The summed E-state index contributed by atoms with van der Waals surface area (Å²) in [6, 6.07) is 14.6. The molecule has 1 fully saturated rings. The zero-order valence-corrected chi connectivity index (χ0v) is 15.9. The van der Waals surface area contributed by atoms with Gasteiger partial charge in [0.15, 0.2) is 0 Å². The summed E-state index contributed by atoms with van der Waals surface area (Å²) in [4.78, 5) is 12.6. The Morgan fingerprint density at radius 3 is 2.56 bits per heavy atom. The van der Waals surface area contributed by atoms with E-state index in [1.165, 1.54) is 28.6 Å². The van der Waals surface area contributed by atoms with Crippen molar-refractivity contribution in [3.05, 3.63) is 59.7 Å². The SMILES string of the molecule is C[C@H]1CCCN(S(=O)(=O)c2ccc(C(=O)Nc3ccccc3C#N)cc2)C1. The summed E-state index contributed by atoms with van der Waals surface area (Å²) in [6.07, 6.45) is 1.90. The fourth-order valence-electron chi connectivity index (χ4n) is 3.18. The van der Waals surface area contributed by atoms with Gasteiger partial charge < -0.3 is 5.32 Å². The molecule has 0 unspecified atom stereocenters. The largest absolute Gasteiger partial charge is 0.321 e. The number of nitrogens with one attached hydrogen (secondary N) is 1. The lowest BCUT2D eigenvalue weighted by Crippen LogP contribution is -2.39. The molecular formula is C20H21N3O3S. The summed E-state index contributed by atoms with van der Waals surface area (Å²) >= 11 is 0. The standard InChI is InChI=1S/C20H21N3O3S/c1-15-5-4-12-23(14-15)27(25,26)18-10-8-16(9-11-18)20(24)22-19-7-3-2-6-17(19)13-21/h2-3,6-11,15H,4-5,12,14H2,1H3,(H,22,24)/t15-/m0/s1. The molecule has 0 saturated carbocycles. The summed E-state index contributed by atoms with van der Waals surface area (Å²) in [7, 11) is -3.55. The third kappa shape index (κ3) is 4.18. The van der Waals surface area contributed by atoms with Crippen LogP contribution in [0.3, 0.4) is 0 Å². The number of carbonyl (C=O) groups is 1. The molecule has 2 aromatic carbocycles. The van der Waals surface area contributed by atoms with Crippen LogP contribution in [0.25, 0.3) is 0 Å². The van der Waals surface area contributed by atoms with E-state index in [0.717, 1.165) is 12.8 Å². The highest BCUT2D eigenvalue weighted by Gasteiger charge is 2.28. The Labute approximate surface area is 159 Å². The first kappa shape index (κ1) is 19.1. The van der Waals surface area contributed by atoms with Crippen molar-refractivity contribution in [2.45, 2.75) is 24.7 Å². The topological polar surface area (TPSA) is 90.3 Å². The number of carbonyl (C=O) groups excluding carboxylic acids is 1. The number of para-hydroxylation sites is 1. The molecule has 1 aliphatic heterocycles. The first-order valence-corrected chi connectivity index (χ1v) is 10.3. The third-order valence-electron chi connectivity index (χ3n) is 4.67. The second-order valence-corrected chi connectivity index (χ2v) is 8.68. The van der Waals surface area contributed by atoms with Crippen molar-refractivity contribution in [1.29, 1.82) is 5.26 Å². The molecule has 1 atom stereocenters. The van der Waals surface area contributed by atoms with E-state index in [4.69, 9.17) is 5.26 Å². The van der Waals surface area contributed by atoms with Crippen molar-refractivity contribution in [1.82, 2.24) is 4.31 Å². The van der Waals surface area contributed by atoms with Crippen LogP contribution in [0.5, 0.6) is 0 Å². The molecule has 3 rings (SSSR count). The lowest BCUT2D eigenvalue weighted by atomic mass is 10.0. The number of nitriles is 1. The Bertz CT molecular complexity index is 978. The van der Waals surface area contributed by atoms with E-state index in [0.29, 0.717) is 35.8 Å². The summed E-state index contributed by atoms with van der Waals surface area (Å²) in [5, 5.41) is 11.8. The van der Waals surface area contributed by atoms with Crippen LogP contribution in [0.4, 0.5) is 5.69 Å². The fourth-order valence-corrected chi connectivity index (χ4v) is 4.77. The quantitative estimate of drug-likeness (QED) is 0.878. The van der Waals surface area contributed by atoms with Crippen molar-refractivity contribution in [3.8, 4) is 6.07 Å². The van der Waals surface area contributed by atoms with Gasteiger partial charge in [0.05, 0.1) is 16.1 Å². The Morgan fingerprint density at radius 2 is 1.89 bits per heavy atom. The second kappa shape index (κ2) is 7.91. The number of amides is 1. The average molecular weight is 383 g/mol. The highest BCUT2D eigenvalue weighted by atomic mass is 32.2. The van der Waals surface area contributed by atoms with Crippen LogP contribution in [0.15, 0.2) is 53.4 Å². The summed E-state index contributed by atoms with van der Waals surface area (Å²) in [5.74, 6) is -0.0491.